The van der Waals surface area contributed by atoms with E-state index in [1.165, 1.54) is 23.5 Å². The van der Waals surface area contributed by atoms with Crippen molar-refractivity contribution >= 4 is 37.7 Å². The highest BCUT2D eigenvalue weighted by Gasteiger charge is 2.39. The van der Waals surface area contributed by atoms with Crippen molar-refractivity contribution < 1.29 is 12.8 Å². The molecule has 0 heterocycles. The van der Waals surface area contributed by atoms with E-state index in [1.54, 1.807) is 6.07 Å². The quantitative estimate of drug-likeness (QED) is 0.605. The average molecular weight is 462 g/mol. The molecule has 8 heteroatoms. The van der Waals surface area contributed by atoms with Crippen LogP contribution in [0.2, 0.25) is 5.02 Å². The number of nitrogens with zero attached hydrogens (tertiary/aromatic N) is 2. The summed E-state index contributed by atoms with van der Waals surface area (Å²) in [5.74, 6) is -0.510. The summed E-state index contributed by atoms with van der Waals surface area (Å²) in [5.41, 5.74) is 1.07. The van der Waals surface area contributed by atoms with Crippen molar-refractivity contribution in [3.63, 3.8) is 0 Å². The largest absolute Gasteiger partial charge is 0.282 e. The van der Waals surface area contributed by atoms with Crippen molar-refractivity contribution in [2.24, 2.45) is 0 Å². The predicted molar refractivity (Wildman–Crippen MR) is 105 cm³/mol. The molecule has 0 N–H and O–H groups in total. The first-order valence-corrected chi connectivity index (χ1v) is 10.8. The Kier molecular flexibility index (Phi) is 6.04. The van der Waals surface area contributed by atoms with Gasteiger partial charge in [0.2, 0.25) is 0 Å². The fraction of sp³-hybridized carbons (Fsp3) is 0.333. The number of rotatable bonds is 7. The maximum Gasteiger partial charge on any atom is 0.282 e. The van der Waals surface area contributed by atoms with Crippen LogP contribution in [0.4, 0.5) is 4.39 Å². The van der Waals surface area contributed by atoms with Gasteiger partial charge in [-0.05, 0) is 42.7 Å². The minimum Gasteiger partial charge on any atom is -0.207 e. The lowest BCUT2D eigenvalue weighted by Crippen LogP contribution is -2.42. The topological polar surface area (TPSA) is 40.6 Å². The first-order chi connectivity index (χ1) is 12.3. The van der Waals surface area contributed by atoms with Gasteiger partial charge >= 0.3 is 0 Å². The third-order valence-electron chi connectivity index (χ3n) is 4.31. The molecule has 26 heavy (non-hydrogen) atoms. The van der Waals surface area contributed by atoms with Gasteiger partial charge < -0.3 is 0 Å². The zero-order chi connectivity index (χ0) is 18.9. The van der Waals surface area contributed by atoms with Gasteiger partial charge in [0.1, 0.15) is 5.82 Å². The third kappa shape index (κ3) is 4.46. The van der Waals surface area contributed by atoms with Gasteiger partial charge in [-0.1, -0.05) is 45.7 Å². The lowest BCUT2D eigenvalue weighted by Gasteiger charge is -2.28. The molecule has 0 amide bonds. The molecule has 0 aliphatic heterocycles. The number of benzene rings is 2. The zero-order valence-corrected chi connectivity index (χ0v) is 17.4. The zero-order valence-electron chi connectivity index (χ0n) is 14.2. The highest BCUT2D eigenvalue weighted by molar-refractivity contribution is 9.10. The minimum absolute atomic E-state index is 0.0162. The maximum absolute atomic E-state index is 14.0. The minimum atomic E-state index is -3.75. The smallest absolute Gasteiger partial charge is 0.207 e. The van der Waals surface area contributed by atoms with Crippen LogP contribution in [0.5, 0.6) is 0 Å². The van der Waals surface area contributed by atoms with Gasteiger partial charge in [-0.25, -0.2) is 4.39 Å². The molecule has 0 spiro atoms. The molecule has 1 aliphatic rings. The first kappa shape index (κ1) is 19.8. The normalized spacial score (nSPS) is 15.0. The van der Waals surface area contributed by atoms with Crippen molar-refractivity contribution in [3.8, 4) is 0 Å². The predicted octanol–water partition coefficient (Wildman–Crippen LogP) is 4.58. The summed E-state index contributed by atoms with van der Waals surface area (Å²) >= 11 is 9.45. The van der Waals surface area contributed by atoms with Crippen LogP contribution >= 0.6 is 27.5 Å². The van der Waals surface area contributed by atoms with Crippen LogP contribution in [-0.2, 0) is 23.3 Å². The van der Waals surface area contributed by atoms with Crippen molar-refractivity contribution in [3.05, 3.63) is 68.9 Å². The van der Waals surface area contributed by atoms with E-state index in [0.717, 1.165) is 27.2 Å². The van der Waals surface area contributed by atoms with E-state index in [9.17, 15) is 12.8 Å². The molecule has 4 nitrogen and oxygen atoms in total. The van der Waals surface area contributed by atoms with Crippen LogP contribution in [0.15, 0.2) is 46.9 Å². The summed E-state index contributed by atoms with van der Waals surface area (Å²) in [6.07, 6.45) is 1.67. The Hall–Kier alpha value is -0.990. The molecule has 1 aliphatic carbocycles. The molecule has 0 radical (unpaired) electrons. The Bertz CT molecular complexity index is 886. The van der Waals surface area contributed by atoms with Gasteiger partial charge in [0, 0.05) is 41.2 Å². The average Bonchev–Trinajstić information content (AvgIpc) is 3.40. The summed E-state index contributed by atoms with van der Waals surface area (Å²) in [4.78, 5) is 0. The number of halogens is 3. The molecule has 0 saturated heterocycles. The molecule has 1 fully saturated rings. The summed E-state index contributed by atoms with van der Waals surface area (Å²) in [5, 5.41) is 0.219. The van der Waals surface area contributed by atoms with Gasteiger partial charge in [0.15, 0.2) is 0 Å². The molecule has 140 valence electrons. The molecule has 3 rings (SSSR count). The molecule has 0 aromatic heterocycles. The van der Waals surface area contributed by atoms with Crippen LogP contribution in [-0.4, -0.2) is 30.1 Å². The van der Waals surface area contributed by atoms with Crippen molar-refractivity contribution in [2.45, 2.75) is 32.0 Å². The second kappa shape index (κ2) is 7.94. The van der Waals surface area contributed by atoms with Crippen molar-refractivity contribution in [1.29, 1.82) is 0 Å². The molecule has 1 saturated carbocycles. The van der Waals surface area contributed by atoms with E-state index < -0.39 is 16.0 Å². The molecular formula is C18H19BrClFN2O2S. The van der Waals surface area contributed by atoms with Gasteiger partial charge in [0.25, 0.3) is 10.2 Å². The Morgan fingerprint density at radius 3 is 2.50 bits per heavy atom. The van der Waals surface area contributed by atoms with E-state index in [0.29, 0.717) is 0 Å². The number of hydrogen-bond acceptors (Lipinski definition) is 2. The Balaban J connectivity index is 1.83. The van der Waals surface area contributed by atoms with Gasteiger partial charge in [-0.2, -0.15) is 17.0 Å². The Morgan fingerprint density at radius 2 is 1.88 bits per heavy atom. The van der Waals surface area contributed by atoms with Gasteiger partial charge in [-0.3, -0.25) is 0 Å². The first-order valence-electron chi connectivity index (χ1n) is 8.19. The molecule has 2 aromatic rings. The Labute approximate surface area is 166 Å². The summed E-state index contributed by atoms with van der Waals surface area (Å²) in [6.45, 7) is 0.164. The van der Waals surface area contributed by atoms with Crippen molar-refractivity contribution in [2.75, 3.05) is 7.05 Å². The molecule has 0 bridgehead atoms. The fourth-order valence-corrected chi connectivity index (χ4v) is 4.96. The van der Waals surface area contributed by atoms with E-state index in [4.69, 9.17) is 11.6 Å². The monoisotopic (exact) mass is 460 g/mol. The lowest BCUT2D eigenvalue weighted by atomic mass is 10.2. The SMILES string of the molecule is CN(Cc1c(F)cccc1Cl)S(=O)(=O)N(Cc1cccc(Br)c1)C1CC1. The standard InChI is InChI=1S/C18H19BrClFN2O2S/c1-22(12-16-17(20)6-3-7-18(16)21)26(24,25)23(15-8-9-15)11-13-4-2-5-14(19)10-13/h2-7,10,15H,8-9,11-12H2,1H3. The van der Waals surface area contributed by atoms with E-state index >= 15 is 0 Å². The van der Waals surface area contributed by atoms with Crippen LogP contribution < -0.4 is 0 Å². The lowest BCUT2D eigenvalue weighted by molar-refractivity contribution is 0.343. The third-order valence-corrected chi connectivity index (χ3v) is 7.10. The maximum atomic E-state index is 14.0. The molecule has 2 aromatic carbocycles. The summed E-state index contributed by atoms with van der Waals surface area (Å²) in [6, 6.07) is 11.9. The molecule has 0 unspecified atom stereocenters. The van der Waals surface area contributed by atoms with E-state index in [-0.39, 0.29) is 29.7 Å². The summed E-state index contributed by atoms with van der Waals surface area (Å²) in [7, 11) is -2.30. The molecule has 0 atom stereocenters. The van der Waals surface area contributed by atoms with Crippen LogP contribution in [0.25, 0.3) is 0 Å². The van der Waals surface area contributed by atoms with Gasteiger partial charge in [0.05, 0.1) is 0 Å². The molecular weight excluding hydrogens is 443 g/mol. The number of hydrogen-bond donors (Lipinski definition) is 0. The second-order valence-electron chi connectivity index (χ2n) is 6.37. The van der Waals surface area contributed by atoms with Crippen LogP contribution in [0.3, 0.4) is 0 Å². The van der Waals surface area contributed by atoms with Crippen molar-refractivity contribution in [1.82, 2.24) is 8.61 Å². The van der Waals surface area contributed by atoms with Gasteiger partial charge in [-0.15, -0.1) is 0 Å². The highest BCUT2D eigenvalue weighted by Crippen LogP contribution is 2.33. The fourth-order valence-electron chi connectivity index (χ4n) is 2.74. The second-order valence-corrected chi connectivity index (χ2v) is 9.68. The van der Waals surface area contributed by atoms with Crippen LogP contribution in [0, 0.1) is 5.82 Å². The van der Waals surface area contributed by atoms with E-state index in [1.807, 2.05) is 24.3 Å². The Morgan fingerprint density at radius 1 is 1.19 bits per heavy atom. The van der Waals surface area contributed by atoms with Crippen LogP contribution in [0.1, 0.15) is 24.0 Å². The summed E-state index contributed by atoms with van der Waals surface area (Å²) < 4.78 is 43.8. The highest BCUT2D eigenvalue weighted by atomic mass is 79.9. The van der Waals surface area contributed by atoms with E-state index in [2.05, 4.69) is 15.9 Å².